The Morgan fingerprint density at radius 3 is 2.06 bits per heavy atom. The van der Waals surface area contributed by atoms with Crippen molar-refractivity contribution < 1.29 is 0 Å². The average Bonchev–Trinajstić information content (AvgIpc) is 3.39. The number of unbranched alkanes of at least 4 members (excludes halogenated alkanes) is 10. The lowest BCUT2D eigenvalue weighted by Crippen LogP contribution is -1.86. The lowest BCUT2D eigenvalue weighted by atomic mass is 10.0. The van der Waals surface area contributed by atoms with E-state index in [1.54, 1.807) is 10.4 Å². The van der Waals surface area contributed by atoms with E-state index < -0.39 is 0 Å². The number of hydrogen-bond acceptors (Lipinski definition) is 2. The molecule has 0 bridgehead atoms. The molecule has 4 aromatic rings. The van der Waals surface area contributed by atoms with Crippen LogP contribution in [0.4, 0.5) is 0 Å². The van der Waals surface area contributed by atoms with Crippen molar-refractivity contribution in [2.75, 3.05) is 0 Å². The molecule has 2 heterocycles. The summed E-state index contributed by atoms with van der Waals surface area (Å²) in [6.45, 7) is 4.59. The molecular formula is C30H40S2. The molecule has 0 saturated heterocycles. The monoisotopic (exact) mass is 464 g/mol. The van der Waals surface area contributed by atoms with Gasteiger partial charge in [-0.25, -0.2) is 0 Å². The largest absolute Gasteiger partial charge is 0.140 e. The van der Waals surface area contributed by atoms with Crippen molar-refractivity contribution >= 4 is 52.9 Å². The second-order valence-corrected chi connectivity index (χ2v) is 11.7. The van der Waals surface area contributed by atoms with Gasteiger partial charge in [0.1, 0.15) is 0 Å². The van der Waals surface area contributed by atoms with E-state index in [9.17, 15) is 0 Å². The van der Waals surface area contributed by atoms with Crippen molar-refractivity contribution in [3.8, 4) is 0 Å². The molecule has 32 heavy (non-hydrogen) atoms. The summed E-state index contributed by atoms with van der Waals surface area (Å²) in [5.41, 5.74) is 1.57. The van der Waals surface area contributed by atoms with Crippen molar-refractivity contribution in [2.45, 2.75) is 104 Å². The first-order chi connectivity index (χ1) is 15.8. The van der Waals surface area contributed by atoms with Crippen molar-refractivity contribution in [3.05, 3.63) is 46.8 Å². The van der Waals surface area contributed by atoms with Crippen LogP contribution in [0.15, 0.2) is 36.4 Å². The Kier molecular flexibility index (Phi) is 9.05. The van der Waals surface area contributed by atoms with Gasteiger partial charge in [0, 0.05) is 29.7 Å². The quantitative estimate of drug-likeness (QED) is 0.163. The van der Waals surface area contributed by atoms with Crippen LogP contribution in [0.3, 0.4) is 0 Å². The van der Waals surface area contributed by atoms with Gasteiger partial charge < -0.3 is 0 Å². The molecule has 2 aromatic heterocycles. The van der Waals surface area contributed by atoms with Crippen LogP contribution in [0.1, 0.15) is 101 Å². The lowest BCUT2D eigenvalue weighted by Gasteiger charge is -2.04. The molecule has 0 amide bonds. The third-order valence-electron chi connectivity index (χ3n) is 6.85. The average molecular weight is 465 g/mol. The first-order valence-corrected chi connectivity index (χ1v) is 14.8. The van der Waals surface area contributed by atoms with Crippen LogP contribution >= 0.6 is 22.7 Å². The molecule has 0 fully saturated rings. The Hall–Kier alpha value is -1.38. The van der Waals surface area contributed by atoms with E-state index in [4.69, 9.17) is 0 Å². The Bertz CT molecular complexity index is 1110. The van der Waals surface area contributed by atoms with Crippen molar-refractivity contribution in [1.82, 2.24) is 0 Å². The third-order valence-corrected chi connectivity index (χ3v) is 9.33. The molecule has 172 valence electrons. The smallest absolute Gasteiger partial charge is 0.0438 e. The van der Waals surface area contributed by atoms with Crippen molar-refractivity contribution in [3.63, 3.8) is 0 Å². The van der Waals surface area contributed by atoms with Gasteiger partial charge in [0.05, 0.1) is 0 Å². The molecule has 0 aliphatic heterocycles. The highest BCUT2D eigenvalue weighted by molar-refractivity contribution is 7.27. The number of thiophene rings is 2. The maximum absolute atomic E-state index is 2.47. The molecule has 0 N–H and O–H groups in total. The number of hydrogen-bond donors (Lipinski definition) is 0. The highest BCUT2D eigenvalue weighted by Crippen LogP contribution is 2.43. The third kappa shape index (κ3) is 5.75. The van der Waals surface area contributed by atoms with Crippen LogP contribution < -0.4 is 0 Å². The number of aryl methyl sites for hydroxylation is 2. The first-order valence-electron chi connectivity index (χ1n) is 13.2. The van der Waals surface area contributed by atoms with Crippen LogP contribution in [0.25, 0.3) is 30.3 Å². The molecule has 2 heteroatoms. The van der Waals surface area contributed by atoms with Crippen LogP contribution in [0.2, 0.25) is 0 Å². The normalized spacial score (nSPS) is 11.9. The summed E-state index contributed by atoms with van der Waals surface area (Å²) in [6.07, 6.45) is 19.0. The van der Waals surface area contributed by atoms with Gasteiger partial charge in [0.2, 0.25) is 0 Å². The summed E-state index contributed by atoms with van der Waals surface area (Å²) in [5.74, 6) is 0. The van der Waals surface area contributed by atoms with E-state index >= 15 is 0 Å². The Morgan fingerprint density at radius 1 is 0.625 bits per heavy atom. The molecule has 0 nitrogen and oxygen atoms in total. The molecule has 4 rings (SSSR count). The van der Waals surface area contributed by atoms with E-state index in [-0.39, 0.29) is 0 Å². The predicted molar refractivity (Wildman–Crippen MR) is 149 cm³/mol. The van der Waals surface area contributed by atoms with E-state index in [1.165, 1.54) is 120 Å². The van der Waals surface area contributed by atoms with Gasteiger partial charge in [-0.3, -0.25) is 0 Å². The minimum absolute atomic E-state index is 1.23. The van der Waals surface area contributed by atoms with E-state index in [0.717, 1.165) is 0 Å². The predicted octanol–water partition coefficient (Wildman–Crippen LogP) is 11.1. The van der Waals surface area contributed by atoms with Crippen LogP contribution in [0.5, 0.6) is 0 Å². The van der Waals surface area contributed by atoms with Gasteiger partial charge in [-0.05, 0) is 48.8 Å². The fourth-order valence-corrected chi connectivity index (χ4v) is 7.56. The Morgan fingerprint density at radius 2 is 1.31 bits per heavy atom. The lowest BCUT2D eigenvalue weighted by molar-refractivity contribution is 0.608. The van der Waals surface area contributed by atoms with Gasteiger partial charge in [-0.1, -0.05) is 102 Å². The zero-order chi connectivity index (χ0) is 22.2. The van der Waals surface area contributed by atoms with Crippen LogP contribution in [-0.2, 0) is 12.8 Å². The topological polar surface area (TPSA) is 0 Å². The summed E-state index contributed by atoms with van der Waals surface area (Å²) in [7, 11) is 0. The fourth-order valence-electron chi connectivity index (χ4n) is 4.99. The zero-order valence-electron chi connectivity index (χ0n) is 20.2. The molecule has 0 spiro atoms. The standard InChI is InChI=1S/C30H40S2/c1-3-5-7-9-11-13-16-23-17-15-19-26-28-27(32-29(23)26)21-20-24-22-25(31-30(24)28)18-14-12-10-8-6-4-2/h15,17,19-22H,3-14,16,18H2,1-2H3. The molecule has 0 saturated carbocycles. The van der Waals surface area contributed by atoms with E-state index in [2.05, 4.69) is 61.6 Å². The van der Waals surface area contributed by atoms with Crippen LogP contribution in [-0.4, -0.2) is 0 Å². The number of rotatable bonds is 14. The molecule has 0 atom stereocenters. The summed E-state index contributed by atoms with van der Waals surface area (Å²) in [4.78, 5) is 1.57. The van der Waals surface area contributed by atoms with Gasteiger partial charge >= 0.3 is 0 Å². The second kappa shape index (κ2) is 12.2. The minimum atomic E-state index is 1.23. The van der Waals surface area contributed by atoms with Crippen molar-refractivity contribution in [2.24, 2.45) is 0 Å². The maximum atomic E-state index is 2.47. The Labute approximate surface area is 203 Å². The number of fused-ring (bicyclic) bond motifs is 5. The highest BCUT2D eigenvalue weighted by Gasteiger charge is 2.13. The van der Waals surface area contributed by atoms with E-state index in [1.807, 2.05) is 11.3 Å². The summed E-state index contributed by atoms with van der Waals surface area (Å²) in [6, 6.07) is 14.2. The summed E-state index contributed by atoms with van der Waals surface area (Å²) in [5, 5.41) is 4.46. The molecular weight excluding hydrogens is 424 g/mol. The van der Waals surface area contributed by atoms with E-state index in [0.29, 0.717) is 0 Å². The highest BCUT2D eigenvalue weighted by atomic mass is 32.1. The minimum Gasteiger partial charge on any atom is -0.140 e. The second-order valence-electron chi connectivity index (χ2n) is 9.50. The zero-order valence-corrected chi connectivity index (χ0v) is 21.8. The summed E-state index contributed by atoms with van der Waals surface area (Å²) < 4.78 is 4.52. The molecule has 0 unspecified atom stereocenters. The molecule has 2 aromatic carbocycles. The maximum Gasteiger partial charge on any atom is 0.0438 e. The fraction of sp³-hybridized carbons (Fsp3) is 0.533. The Balaban J connectivity index is 1.50. The van der Waals surface area contributed by atoms with Gasteiger partial charge in [-0.15, -0.1) is 22.7 Å². The van der Waals surface area contributed by atoms with Crippen LogP contribution in [0, 0.1) is 0 Å². The van der Waals surface area contributed by atoms with Gasteiger partial charge in [0.15, 0.2) is 0 Å². The molecule has 0 aliphatic rings. The van der Waals surface area contributed by atoms with Gasteiger partial charge in [0.25, 0.3) is 0 Å². The molecule has 0 radical (unpaired) electrons. The summed E-state index contributed by atoms with van der Waals surface area (Å²) >= 11 is 4.08. The van der Waals surface area contributed by atoms with Crippen molar-refractivity contribution in [1.29, 1.82) is 0 Å². The van der Waals surface area contributed by atoms with Gasteiger partial charge in [-0.2, -0.15) is 0 Å². The number of benzene rings is 2. The molecule has 0 aliphatic carbocycles. The SMILES string of the molecule is CCCCCCCCc1cc2ccc3sc4c(CCCCCCCC)cccc4c3c2s1. The first kappa shape index (κ1) is 23.8.